The normalized spacial score (nSPS) is 25.2. The molecule has 18 heavy (non-hydrogen) atoms. The van der Waals surface area contributed by atoms with Crippen molar-refractivity contribution in [3.63, 3.8) is 0 Å². The van der Waals surface area contributed by atoms with Crippen LogP contribution in [0.1, 0.15) is 36.8 Å². The first-order valence-corrected chi connectivity index (χ1v) is 7.30. The van der Waals surface area contributed by atoms with E-state index in [1.165, 1.54) is 4.88 Å². The van der Waals surface area contributed by atoms with Gasteiger partial charge in [0.15, 0.2) is 0 Å². The number of carboxylic acid groups (broad SMARTS) is 1. The van der Waals surface area contributed by atoms with E-state index in [0.717, 1.165) is 31.6 Å². The lowest BCUT2D eigenvalue weighted by Gasteiger charge is -2.39. The van der Waals surface area contributed by atoms with Crippen LogP contribution in [0.4, 0.5) is 0 Å². The molecule has 1 aliphatic heterocycles. The molecule has 1 saturated heterocycles. The van der Waals surface area contributed by atoms with Crippen molar-refractivity contribution in [2.24, 2.45) is 5.41 Å². The predicted molar refractivity (Wildman–Crippen MR) is 71.7 cm³/mol. The van der Waals surface area contributed by atoms with E-state index in [-0.39, 0.29) is 0 Å². The number of piperidine rings is 1. The predicted octanol–water partition coefficient (Wildman–Crippen LogP) is 2.53. The summed E-state index contributed by atoms with van der Waals surface area (Å²) in [5.41, 5.74) is 2.39. The third-order valence-corrected chi connectivity index (χ3v) is 4.92. The molecule has 1 N–H and O–H groups in total. The fourth-order valence-electron chi connectivity index (χ4n) is 2.66. The first kappa shape index (κ1) is 13.5. The first-order chi connectivity index (χ1) is 8.57. The van der Waals surface area contributed by atoms with Crippen LogP contribution in [0.5, 0.6) is 0 Å². The molecule has 0 aliphatic carbocycles. The molecule has 0 radical (unpaired) electrons. The number of hydrogen-bond acceptors (Lipinski definition) is 4. The molecule has 1 aliphatic rings. The topological polar surface area (TPSA) is 53.4 Å². The second kappa shape index (κ2) is 5.36. The van der Waals surface area contributed by atoms with E-state index in [4.69, 9.17) is 0 Å². The maximum atomic E-state index is 11.5. The molecular formula is C13H20N2O2S. The molecule has 1 atom stereocenters. The van der Waals surface area contributed by atoms with Crippen LogP contribution < -0.4 is 0 Å². The second-order valence-electron chi connectivity index (χ2n) is 5.11. The number of nitrogens with zero attached hydrogens (tertiary/aromatic N) is 2. The summed E-state index contributed by atoms with van der Waals surface area (Å²) in [4.78, 5) is 19.3. The van der Waals surface area contributed by atoms with Crippen LogP contribution >= 0.6 is 11.3 Å². The Balaban J connectivity index is 2.07. The molecule has 1 fully saturated rings. The quantitative estimate of drug-likeness (QED) is 0.911. The Kier molecular flexibility index (Phi) is 4.02. The maximum Gasteiger partial charge on any atom is 0.310 e. The minimum Gasteiger partial charge on any atom is -0.481 e. The van der Waals surface area contributed by atoms with Crippen LogP contribution in [0.15, 0.2) is 5.51 Å². The standard InChI is InChI=1S/C13H20N2O2S/c1-3-13(12(16)17)5-4-6-15(8-13)7-11-10(2)14-9-18-11/h9H,3-8H2,1-2H3,(H,16,17). The van der Waals surface area contributed by atoms with Crippen molar-refractivity contribution in [2.45, 2.75) is 39.7 Å². The van der Waals surface area contributed by atoms with E-state index in [1.807, 2.05) is 19.4 Å². The molecule has 5 heteroatoms. The summed E-state index contributed by atoms with van der Waals surface area (Å²) in [6, 6.07) is 0. The molecule has 2 heterocycles. The zero-order valence-electron chi connectivity index (χ0n) is 11.0. The number of carboxylic acids is 1. The number of hydrogen-bond donors (Lipinski definition) is 1. The fraction of sp³-hybridized carbons (Fsp3) is 0.692. The second-order valence-corrected chi connectivity index (χ2v) is 6.05. The number of carbonyl (C=O) groups is 1. The molecule has 0 aromatic carbocycles. The smallest absolute Gasteiger partial charge is 0.310 e. The molecule has 4 nitrogen and oxygen atoms in total. The molecule has 0 amide bonds. The van der Waals surface area contributed by atoms with Crippen molar-refractivity contribution in [1.82, 2.24) is 9.88 Å². The Morgan fingerprint density at radius 2 is 2.44 bits per heavy atom. The van der Waals surface area contributed by atoms with E-state index >= 15 is 0 Å². The lowest BCUT2D eigenvalue weighted by Crippen LogP contribution is -2.47. The summed E-state index contributed by atoms with van der Waals surface area (Å²) in [6.45, 7) is 6.49. The Hall–Kier alpha value is -0.940. The summed E-state index contributed by atoms with van der Waals surface area (Å²) in [5.74, 6) is -0.643. The average molecular weight is 268 g/mol. The van der Waals surface area contributed by atoms with Gasteiger partial charge >= 0.3 is 5.97 Å². The average Bonchev–Trinajstić information content (AvgIpc) is 2.75. The highest BCUT2D eigenvalue weighted by Gasteiger charge is 2.40. The summed E-state index contributed by atoms with van der Waals surface area (Å²) < 4.78 is 0. The lowest BCUT2D eigenvalue weighted by molar-refractivity contribution is -0.153. The van der Waals surface area contributed by atoms with Gasteiger partial charge in [0.25, 0.3) is 0 Å². The molecule has 1 aromatic rings. The van der Waals surface area contributed by atoms with Gasteiger partial charge in [-0.25, -0.2) is 4.98 Å². The van der Waals surface area contributed by atoms with Gasteiger partial charge in [0.05, 0.1) is 16.6 Å². The molecule has 0 spiro atoms. The summed E-state index contributed by atoms with van der Waals surface area (Å²) in [7, 11) is 0. The van der Waals surface area contributed by atoms with Crippen molar-refractivity contribution in [3.05, 3.63) is 16.1 Å². The van der Waals surface area contributed by atoms with Gasteiger partial charge in [-0.1, -0.05) is 6.92 Å². The van der Waals surface area contributed by atoms with Crippen LogP contribution in [-0.2, 0) is 11.3 Å². The fourth-order valence-corrected chi connectivity index (χ4v) is 3.48. The number of rotatable bonds is 4. The van der Waals surface area contributed by atoms with Gasteiger partial charge in [-0.3, -0.25) is 9.69 Å². The SMILES string of the molecule is CCC1(C(=O)O)CCCN(Cc2scnc2C)C1. The summed E-state index contributed by atoms with van der Waals surface area (Å²) >= 11 is 1.66. The largest absolute Gasteiger partial charge is 0.481 e. The zero-order valence-corrected chi connectivity index (χ0v) is 11.8. The van der Waals surface area contributed by atoms with Crippen LogP contribution in [-0.4, -0.2) is 34.0 Å². The molecule has 2 rings (SSSR count). The van der Waals surface area contributed by atoms with Crippen LogP contribution in [0.25, 0.3) is 0 Å². The molecule has 100 valence electrons. The van der Waals surface area contributed by atoms with Gasteiger partial charge in [-0.05, 0) is 32.7 Å². The van der Waals surface area contributed by atoms with E-state index < -0.39 is 11.4 Å². The minimum absolute atomic E-state index is 0.545. The van der Waals surface area contributed by atoms with Crippen molar-refractivity contribution in [3.8, 4) is 0 Å². The maximum absolute atomic E-state index is 11.5. The Morgan fingerprint density at radius 3 is 3.00 bits per heavy atom. The van der Waals surface area contributed by atoms with Gasteiger partial charge in [0, 0.05) is 18.0 Å². The first-order valence-electron chi connectivity index (χ1n) is 6.42. The highest BCUT2D eigenvalue weighted by Crippen LogP contribution is 2.34. The van der Waals surface area contributed by atoms with Crippen molar-refractivity contribution >= 4 is 17.3 Å². The van der Waals surface area contributed by atoms with Crippen LogP contribution in [0.2, 0.25) is 0 Å². The van der Waals surface area contributed by atoms with E-state index in [2.05, 4.69) is 9.88 Å². The van der Waals surface area contributed by atoms with E-state index in [9.17, 15) is 9.90 Å². The summed E-state index contributed by atoms with van der Waals surface area (Å²) in [5, 5.41) is 9.45. The van der Waals surface area contributed by atoms with E-state index in [0.29, 0.717) is 13.0 Å². The number of thiazole rings is 1. The molecule has 1 unspecified atom stereocenters. The number of aromatic nitrogens is 1. The van der Waals surface area contributed by atoms with Crippen LogP contribution in [0.3, 0.4) is 0 Å². The van der Waals surface area contributed by atoms with Crippen LogP contribution in [0, 0.1) is 12.3 Å². The minimum atomic E-state index is -0.643. The van der Waals surface area contributed by atoms with Gasteiger partial charge in [0.2, 0.25) is 0 Å². The zero-order chi connectivity index (χ0) is 13.2. The third-order valence-electron chi connectivity index (χ3n) is 4.00. The highest BCUT2D eigenvalue weighted by molar-refractivity contribution is 7.09. The number of aliphatic carboxylic acids is 1. The summed E-state index contributed by atoms with van der Waals surface area (Å²) in [6.07, 6.45) is 2.48. The Morgan fingerprint density at radius 1 is 1.67 bits per heavy atom. The third kappa shape index (κ3) is 2.57. The Labute approximate surface area is 112 Å². The number of aryl methyl sites for hydroxylation is 1. The molecule has 0 saturated carbocycles. The number of likely N-dealkylation sites (tertiary alicyclic amines) is 1. The van der Waals surface area contributed by atoms with Crippen molar-refractivity contribution in [2.75, 3.05) is 13.1 Å². The highest BCUT2D eigenvalue weighted by atomic mass is 32.1. The lowest BCUT2D eigenvalue weighted by atomic mass is 9.77. The van der Waals surface area contributed by atoms with Crippen molar-refractivity contribution in [1.29, 1.82) is 0 Å². The van der Waals surface area contributed by atoms with Crippen molar-refractivity contribution < 1.29 is 9.90 Å². The monoisotopic (exact) mass is 268 g/mol. The molecule has 0 bridgehead atoms. The van der Waals surface area contributed by atoms with E-state index in [1.54, 1.807) is 11.3 Å². The molecule has 1 aromatic heterocycles. The Bertz CT molecular complexity index is 432. The van der Waals surface area contributed by atoms with Gasteiger partial charge in [-0.2, -0.15) is 0 Å². The molecular weight excluding hydrogens is 248 g/mol. The van der Waals surface area contributed by atoms with Gasteiger partial charge in [-0.15, -0.1) is 11.3 Å². The van der Waals surface area contributed by atoms with Gasteiger partial charge < -0.3 is 5.11 Å². The van der Waals surface area contributed by atoms with Gasteiger partial charge in [0.1, 0.15) is 0 Å².